The number of nitrogens with zero attached hydrogens (tertiary/aromatic N) is 1. The summed E-state index contributed by atoms with van der Waals surface area (Å²) in [5.41, 5.74) is 1.61. The molecule has 1 N–H and O–H groups in total. The number of amides is 2. The quantitative estimate of drug-likeness (QED) is 0.292. The van der Waals surface area contributed by atoms with E-state index in [-0.39, 0.29) is 24.1 Å². The van der Waals surface area contributed by atoms with Crippen LogP contribution in [0.4, 0.5) is 4.39 Å². The summed E-state index contributed by atoms with van der Waals surface area (Å²) < 4.78 is 14.7. The van der Waals surface area contributed by atoms with Crippen LogP contribution in [0.1, 0.15) is 37.5 Å². The van der Waals surface area contributed by atoms with Crippen LogP contribution < -0.4 is 5.32 Å². The fraction of sp³-hybridized carbons (Fsp3) is 0.310. The zero-order valence-corrected chi connectivity index (χ0v) is 23.5. The monoisotopic (exact) mass is 560 g/mol. The van der Waals surface area contributed by atoms with E-state index in [0.717, 1.165) is 11.1 Å². The van der Waals surface area contributed by atoms with Gasteiger partial charge in [-0.05, 0) is 50.1 Å². The van der Waals surface area contributed by atoms with E-state index in [2.05, 4.69) is 5.32 Å². The molecule has 3 aromatic carbocycles. The van der Waals surface area contributed by atoms with E-state index in [9.17, 15) is 14.0 Å². The van der Waals surface area contributed by atoms with Gasteiger partial charge in [-0.25, -0.2) is 4.39 Å². The van der Waals surface area contributed by atoms with Gasteiger partial charge in [0.2, 0.25) is 11.8 Å². The van der Waals surface area contributed by atoms with Gasteiger partial charge < -0.3 is 10.2 Å². The molecule has 1 unspecified atom stereocenters. The molecule has 0 radical (unpaired) electrons. The number of nitrogens with one attached hydrogen (secondary N) is 1. The summed E-state index contributed by atoms with van der Waals surface area (Å²) in [6, 6.07) is 20.3. The molecule has 37 heavy (non-hydrogen) atoms. The number of thioether (sulfide) groups is 1. The van der Waals surface area contributed by atoms with Crippen molar-refractivity contribution in [3.63, 3.8) is 0 Å². The molecule has 3 rings (SSSR count). The molecule has 0 aliphatic rings. The Kier molecular flexibility index (Phi) is 10.4. The minimum atomic E-state index is -0.826. The molecule has 0 spiro atoms. The Morgan fingerprint density at radius 2 is 1.65 bits per heavy atom. The van der Waals surface area contributed by atoms with Crippen molar-refractivity contribution in [1.82, 2.24) is 10.2 Å². The molecule has 1 atom stereocenters. The van der Waals surface area contributed by atoms with E-state index in [4.69, 9.17) is 23.2 Å². The first-order valence-corrected chi connectivity index (χ1v) is 13.8. The molecular weight excluding hydrogens is 530 g/mol. The first-order valence-electron chi connectivity index (χ1n) is 11.9. The van der Waals surface area contributed by atoms with E-state index in [0.29, 0.717) is 27.8 Å². The van der Waals surface area contributed by atoms with Gasteiger partial charge in [0.15, 0.2) is 0 Å². The molecule has 0 bridgehead atoms. The van der Waals surface area contributed by atoms with Gasteiger partial charge in [0.05, 0.1) is 5.75 Å². The second-order valence-corrected chi connectivity index (χ2v) is 11.6. The summed E-state index contributed by atoms with van der Waals surface area (Å²) in [5.74, 6) is -0.375. The van der Waals surface area contributed by atoms with Crippen molar-refractivity contribution in [1.29, 1.82) is 0 Å². The molecule has 0 saturated carbocycles. The number of hydrogen-bond donors (Lipinski definition) is 1. The normalized spacial score (nSPS) is 12.2. The summed E-state index contributed by atoms with van der Waals surface area (Å²) in [4.78, 5) is 28.6. The maximum absolute atomic E-state index is 14.7. The predicted octanol–water partition coefficient (Wildman–Crippen LogP) is 6.92. The van der Waals surface area contributed by atoms with Gasteiger partial charge in [-0.3, -0.25) is 9.59 Å². The summed E-state index contributed by atoms with van der Waals surface area (Å²) in [6.45, 7) is 5.64. The van der Waals surface area contributed by atoms with E-state index < -0.39 is 17.4 Å². The second-order valence-electron chi connectivity index (χ2n) is 9.79. The molecule has 3 aromatic rings. The highest BCUT2D eigenvalue weighted by Gasteiger charge is 2.32. The highest BCUT2D eigenvalue weighted by atomic mass is 35.5. The van der Waals surface area contributed by atoms with Crippen LogP contribution in [0.3, 0.4) is 0 Å². The van der Waals surface area contributed by atoms with Crippen molar-refractivity contribution in [2.45, 2.75) is 51.1 Å². The molecule has 0 fully saturated rings. The van der Waals surface area contributed by atoms with E-state index in [1.165, 1.54) is 22.7 Å². The number of carbonyl (C=O) groups excluding carboxylic acids is 2. The van der Waals surface area contributed by atoms with Crippen molar-refractivity contribution in [2.75, 3.05) is 5.75 Å². The lowest BCUT2D eigenvalue weighted by Crippen LogP contribution is -2.54. The van der Waals surface area contributed by atoms with E-state index in [1.54, 1.807) is 30.3 Å². The van der Waals surface area contributed by atoms with Gasteiger partial charge in [0, 0.05) is 39.9 Å². The van der Waals surface area contributed by atoms with Crippen LogP contribution in [-0.4, -0.2) is 34.0 Å². The largest absolute Gasteiger partial charge is 0.350 e. The lowest BCUT2D eigenvalue weighted by atomic mass is 10.0. The van der Waals surface area contributed by atoms with Crippen LogP contribution in [0, 0.1) is 5.82 Å². The average Bonchev–Trinajstić information content (AvgIpc) is 2.83. The third kappa shape index (κ3) is 9.06. The number of benzene rings is 3. The highest BCUT2D eigenvalue weighted by Crippen LogP contribution is 2.26. The van der Waals surface area contributed by atoms with Crippen LogP contribution >= 0.6 is 35.0 Å². The first-order chi connectivity index (χ1) is 17.5. The van der Waals surface area contributed by atoms with Crippen LogP contribution in [0.25, 0.3) is 0 Å². The Morgan fingerprint density at radius 1 is 0.973 bits per heavy atom. The molecular formula is C29H31Cl2FN2O2S. The molecule has 8 heteroatoms. The van der Waals surface area contributed by atoms with Crippen LogP contribution in [0.2, 0.25) is 10.0 Å². The van der Waals surface area contributed by atoms with Gasteiger partial charge >= 0.3 is 0 Å². The predicted molar refractivity (Wildman–Crippen MR) is 151 cm³/mol. The molecule has 0 aliphatic heterocycles. The third-order valence-electron chi connectivity index (χ3n) is 5.57. The van der Waals surface area contributed by atoms with Crippen molar-refractivity contribution in [3.8, 4) is 0 Å². The molecule has 196 valence electrons. The van der Waals surface area contributed by atoms with E-state index >= 15 is 0 Å². The minimum absolute atomic E-state index is 0.0250. The Labute approximate surface area is 232 Å². The van der Waals surface area contributed by atoms with Crippen LogP contribution in [0.5, 0.6) is 0 Å². The topological polar surface area (TPSA) is 49.4 Å². The third-order valence-corrected chi connectivity index (χ3v) is 7.12. The lowest BCUT2D eigenvalue weighted by Gasteiger charge is -2.34. The van der Waals surface area contributed by atoms with Gasteiger partial charge in [-0.15, -0.1) is 11.8 Å². The fourth-order valence-electron chi connectivity index (χ4n) is 3.79. The zero-order valence-electron chi connectivity index (χ0n) is 21.1. The molecule has 0 heterocycles. The van der Waals surface area contributed by atoms with E-state index in [1.807, 2.05) is 57.2 Å². The molecule has 0 aliphatic carbocycles. The van der Waals surface area contributed by atoms with Crippen molar-refractivity contribution in [3.05, 3.63) is 105 Å². The number of carbonyl (C=O) groups is 2. The van der Waals surface area contributed by atoms with Crippen LogP contribution in [0.15, 0.2) is 72.8 Å². The number of rotatable bonds is 10. The lowest BCUT2D eigenvalue weighted by molar-refractivity contribution is -0.140. The number of hydrogen-bond acceptors (Lipinski definition) is 3. The standard InChI is InChI=1S/C29H31Cl2FN2O2S/c1-29(2,3)33-28(36)26(15-20-9-5-4-6-10-20)34(17-21-11-7-8-12-25(21)32)27(35)19-37-18-22-13-14-23(30)16-24(22)31/h4-14,16,26H,15,17-19H2,1-3H3,(H,33,36). The Balaban J connectivity index is 1.88. The molecule has 0 saturated heterocycles. The summed E-state index contributed by atoms with van der Waals surface area (Å²) >= 11 is 13.7. The van der Waals surface area contributed by atoms with Crippen molar-refractivity contribution in [2.24, 2.45) is 0 Å². The van der Waals surface area contributed by atoms with Gasteiger partial charge in [0.25, 0.3) is 0 Å². The van der Waals surface area contributed by atoms with Gasteiger partial charge in [-0.1, -0.05) is 77.8 Å². The summed E-state index contributed by atoms with van der Waals surface area (Å²) in [5, 5.41) is 4.08. The van der Waals surface area contributed by atoms with Crippen molar-refractivity contribution >= 4 is 46.8 Å². The Hall–Kier alpha value is -2.54. The maximum atomic E-state index is 14.7. The fourth-order valence-corrected chi connectivity index (χ4v) is 5.26. The minimum Gasteiger partial charge on any atom is -0.350 e. The first kappa shape index (κ1) is 29.0. The second kappa shape index (κ2) is 13.3. The Bertz CT molecular complexity index is 1220. The average molecular weight is 562 g/mol. The maximum Gasteiger partial charge on any atom is 0.243 e. The summed E-state index contributed by atoms with van der Waals surface area (Å²) in [6.07, 6.45) is 0.302. The molecule has 0 aromatic heterocycles. The smallest absolute Gasteiger partial charge is 0.243 e. The van der Waals surface area contributed by atoms with Gasteiger partial charge in [-0.2, -0.15) is 0 Å². The van der Waals surface area contributed by atoms with Crippen LogP contribution in [-0.2, 0) is 28.3 Å². The molecule has 2 amide bonds. The molecule has 4 nitrogen and oxygen atoms in total. The zero-order chi connectivity index (χ0) is 27.0. The highest BCUT2D eigenvalue weighted by molar-refractivity contribution is 7.99. The van der Waals surface area contributed by atoms with Crippen molar-refractivity contribution < 1.29 is 14.0 Å². The Morgan fingerprint density at radius 3 is 2.30 bits per heavy atom. The SMILES string of the molecule is CC(C)(C)NC(=O)C(Cc1ccccc1)N(Cc1ccccc1F)C(=O)CSCc1ccc(Cl)cc1Cl. The number of halogens is 3. The summed E-state index contributed by atoms with van der Waals surface area (Å²) in [7, 11) is 0. The van der Waals surface area contributed by atoms with Gasteiger partial charge in [0.1, 0.15) is 11.9 Å².